The standard InChI is InChI=1S/C20H23NO5Se/c1-24-16-9-13(10-17(25-2)19(16)26-3)21-18(15(11-22)20(21)23)12-5-7-14(27-4)8-6-12/h5-10,15,18,22H,11H2,1-4H3/t15-,18+/m1/s1. The van der Waals surface area contributed by atoms with Gasteiger partial charge >= 0.3 is 165 Å². The second-order valence-electron chi connectivity index (χ2n) is 6.10. The van der Waals surface area contributed by atoms with Crippen molar-refractivity contribution in [2.24, 2.45) is 5.92 Å². The number of hydrogen-bond acceptors (Lipinski definition) is 5. The number of aliphatic hydroxyl groups excluding tert-OH is 1. The fourth-order valence-corrected chi connectivity index (χ4v) is 4.26. The molecule has 1 fully saturated rings. The van der Waals surface area contributed by atoms with Crippen molar-refractivity contribution in [2.45, 2.75) is 11.9 Å². The number of anilines is 1. The van der Waals surface area contributed by atoms with Crippen molar-refractivity contribution < 1.29 is 24.1 Å². The first kappa shape index (κ1) is 19.5. The fraction of sp³-hybridized carbons (Fsp3) is 0.350. The van der Waals surface area contributed by atoms with E-state index < -0.39 is 5.92 Å². The fourth-order valence-electron chi connectivity index (χ4n) is 3.40. The number of aliphatic hydroxyl groups is 1. The van der Waals surface area contributed by atoms with Crippen LogP contribution in [0.5, 0.6) is 17.2 Å². The van der Waals surface area contributed by atoms with Crippen LogP contribution in [0, 0.1) is 5.92 Å². The molecule has 1 heterocycles. The Balaban J connectivity index is 2.04. The molecular weight excluding hydrogens is 413 g/mol. The van der Waals surface area contributed by atoms with Crippen molar-refractivity contribution in [1.82, 2.24) is 0 Å². The van der Waals surface area contributed by atoms with Crippen LogP contribution >= 0.6 is 0 Å². The number of rotatable bonds is 7. The first-order valence-corrected chi connectivity index (χ1v) is 11.0. The summed E-state index contributed by atoms with van der Waals surface area (Å²) < 4.78 is 17.5. The summed E-state index contributed by atoms with van der Waals surface area (Å²) in [6.07, 6.45) is 0. The number of β-lactam (4-membered cyclic amide) rings is 1. The SMILES string of the molecule is COc1cc(N2C(=O)[C@H](CO)[C@@H]2c2ccc([Se]C)cc2)cc(OC)c1OC. The first-order valence-electron chi connectivity index (χ1n) is 8.47. The molecule has 2 aromatic carbocycles. The average Bonchev–Trinajstić information content (AvgIpc) is 2.71. The van der Waals surface area contributed by atoms with E-state index in [0.29, 0.717) is 37.9 Å². The summed E-state index contributed by atoms with van der Waals surface area (Å²) in [7, 11) is 4.62. The van der Waals surface area contributed by atoms with Crippen LogP contribution < -0.4 is 23.6 Å². The van der Waals surface area contributed by atoms with Crippen LogP contribution in [-0.2, 0) is 4.79 Å². The average molecular weight is 436 g/mol. The Morgan fingerprint density at radius 1 is 1.04 bits per heavy atom. The zero-order chi connectivity index (χ0) is 19.6. The molecule has 27 heavy (non-hydrogen) atoms. The van der Waals surface area contributed by atoms with E-state index in [0.717, 1.165) is 5.56 Å². The zero-order valence-corrected chi connectivity index (χ0v) is 17.5. The monoisotopic (exact) mass is 437 g/mol. The molecule has 0 aromatic heterocycles. The van der Waals surface area contributed by atoms with Crippen LogP contribution in [0.2, 0.25) is 5.82 Å². The van der Waals surface area contributed by atoms with E-state index in [1.165, 1.54) is 25.8 Å². The third-order valence-electron chi connectivity index (χ3n) is 4.80. The van der Waals surface area contributed by atoms with Gasteiger partial charge in [-0.25, -0.2) is 0 Å². The Hall–Kier alpha value is -2.21. The predicted molar refractivity (Wildman–Crippen MR) is 105 cm³/mol. The van der Waals surface area contributed by atoms with Gasteiger partial charge in [0, 0.05) is 0 Å². The molecule has 1 amide bonds. The molecule has 1 N–H and O–H groups in total. The summed E-state index contributed by atoms with van der Waals surface area (Å²) in [6, 6.07) is 11.5. The molecule has 2 atom stereocenters. The Morgan fingerprint density at radius 2 is 1.63 bits per heavy atom. The summed E-state index contributed by atoms with van der Waals surface area (Å²) in [6.45, 7) is -0.191. The number of hydrogen-bond donors (Lipinski definition) is 1. The summed E-state index contributed by atoms with van der Waals surface area (Å²) in [4.78, 5) is 14.4. The van der Waals surface area contributed by atoms with E-state index in [4.69, 9.17) is 14.2 Å². The predicted octanol–water partition coefficient (Wildman–Crippen LogP) is 1.79. The van der Waals surface area contributed by atoms with Crippen LogP contribution in [0.15, 0.2) is 36.4 Å². The summed E-state index contributed by atoms with van der Waals surface area (Å²) >= 11 is 0.417. The molecule has 0 radical (unpaired) electrons. The van der Waals surface area contributed by atoms with Crippen LogP contribution in [0.25, 0.3) is 0 Å². The van der Waals surface area contributed by atoms with Crippen molar-refractivity contribution in [3.63, 3.8) is 0 Å². The Labute approximate surface area is 165 Å². The maximum atomic E-state index is 12.7. The number of carbonyl (C=O) groups is 1. The molecule has 144 valence electrons. The summed E-state index contributed by atoms with van der Waals surface area (Å²) in [5.41, 5.74) is 1.64. The van der Waals surface area contributed by atoms with Crippen molar-refractivity contribution in [3.05, 3.63) is 42.0 Å². The minimum absolute atomic E-state index is 0.124. The second kappa shape index (κ2) is 8.21. The van der Waals surface area contributed by atoms with E-state index in [-0.39, 0.29) is 18.6 Å². The zero-order valence-electron chi connectivity index (χ0n) is 15.8. The van der Waals surface area contributed by atoms with Gasteiger partial charge in [-0.15, -0.1) is 0 Å². The third kappa shape index (κ3) is 3.38. The van der Waals surface area contributed by atoms with Gasteiger partial charge in [0.15, 0.2) is 0 Å². The number of methoxy groups -OCH3 is 3. The summed E-state index contributed by atoms with van der Waals surface area (Å²) in [5.74, 6) is 3.02. The molecule has 7 heteroatoms. The van der Waals surface area contributed by atoms with Gasteiger partial charge in [0.2, 0.25) is 0 Å². The molecule has 1 saturated heterocycles. The van der Waals surface area contributed by atoms with E-state index in [1.54, 1.807) is 17.0 Å². The number of benzene rings is 2. The van der Waals surface area contributed by atoms with Crippen molar-refractivity contribution in [3.8, 4) is 17.2 Å². The Kier molecular flexibility index (Phi) is 5.95. The Bertz CT molecular complexity index is 799. The summed E-state index contributed by atoms with van der Waals surface area (Å²) in [5, 5.41) is 9.72. The molecule has 0 aliphatic carbocycles. The molecule has 1 aliphatic heterocycles. The molecule has 0 unspecified atom stereocenters. The third-order valence-corrected chi connectivity index (χ3v) is 6.36. The van der Waals surface area contributed by atoms with Crippen LogP contribution in [0.3, 0.4) is 0 Å². The quantitative estimate of drug-likeness (QED) is 0.530. The second-order valence-corrected chi connectivity index (χ2v) is 7.94. The van der Waals surface area contributed by atoms with Crippen LogP contribution in [-0.4, -0.2) is 53.9 Å². The number of nitrogens with zero attached hydrogens (tertiary/aromatic N) is 1. The van der Waals surface area contributed by atoms with Crippen molar-refractivity contribution >= 4 is 31.0 Å². The molecule has 1 aliphatic rings. The van der Waals surface area contributed by atoms with Gasteiger partial charge in [-0.05, 0) is 0 Å². The molecule has 0 saturated carbocycles. The number of carbonyl (C=O) groups excluding carboxylic acids is 1. The number of ether oxygens (including phenoxy) is 3. The molecule has 3 rings (SSSR count). The maximum absolute atomic E-state index is 12.7. The van der Waals surface area contributed by atoms with E-state index in [1.807, 2.05) is 12.1 Å². The van der Waals surface area contributed by atoms with Gasteiger partial charge in [0.05, 0.1) is 0 Å². The van der Waals surface area contributed by atoms with Gasteiger partial charge < -0.3 is 0 Å². The Morgan fingerprint density at radius 3 is 2.07 bits per heavy atom. The van der Waals surface area contributed by atoms with Gasteiger partial charge in [-0.3, -0.25) is 0 Å². The van der Waals surface area contributed by atoms with Crippen LogP contribution in [0.1, 0.15) is 11.6 Å². The van der Waals surface area contributed by atoms with E-state index in [9.17, 15) is 9.90 Å². The van der Waals surface area contributed by atoms with Crippen molar-refractivity contribution in [1.29, 1.82) is 0 Å². The molecule has 6 nitrogen and oxygen atoms in total. The van der Waals surface area contributed by atoms with Gasteiger partial charge in [-0.2, -0.15) is 0 Å². The molecule has 2 aromatic rings. The van der Waals surface area contributed by atoms with Crippen molar-refractivity contribution in [2.75, 3.05) is 32.8 Å². The minimum atomic E-state index is -0.456. The first-order chi connectivity index (χ1) is 13.1. The van der Waals surface area contributed by atoms with Crippen LogP contribution in [0.4, 0.5) is 5.69 Å². The molecule has 0 spiro atoms. The molecule has 0 bridgehead atoms. The van der Waals surface area contributed by atoms with E-state index in [2.05, 4.69) is 18.0 Å². The topological polar surface area (TPSA) is 68.2 Å². The number of amides is 1. The van der Waals surface area contributed by atoms with Gasteiger partial charge in [0.25, 0.3) is 0 Å². The molecular formula is C20H23NO5Se. The van der Waals surface area contributed by atoms with Gasteiger partial charge in [-0.1, -0.05) is 0 Å². The van der Waals surface area contributed by atoms with E-state index >= 15 is 0 Å². The normalized spacial score (nSPS) is 18.9. The van der Waals surface area contributed by atoms with Gasteiger partial charge in [0.1, 0.15) is 0 Å².